The van der Waals surface area contributed by atoms with Gasteiger partial charge in [-0.3, -0.25) is 0 Å². The number of nitrogens with two attached hydrogens (primary N) is 1. The quantitative estimate of drug-likeness (QED) is 0.681. The first kappa shape index (κ1) is 14.9. The van der Waals surface area contributed by atoms with Crippen LogP contribution in [0, 0.1) is 0 Å². The summed E-state index contributed by atoms with van der Waals surface area (Å²) in [4.78, 5) is 8.12. The Balaban J connectivity index is 2.63. The highest BCUT2D eigenvalue weighted by molar-refractivity contribution is 7.89. The summed E-state index contributed by atoms with van der Waals surface area (Å²) < 4.78 is 21.5. The van der Waals surface area contributed by atoms with Gasteiger partial charge in [0.05, 0.1) is 11.9 Å². The minimum absolute atomic E-state index is 0.142. The summed E-state index contributed by atoms with van der Waals surface area (Å²) in [5.41, 5.74) is 0. The molecule has 1 rings (SSSR count). The van der Waals surface area contributed by atoms with Gasteiger partial charge in [-0.2, -0.15) is 4.98 Å². The standard InChI is InChI=1S/C9H16ClN5O2S/c1-2-3-13-9-14-6-7(10)8(15-9)12-4-5-18(11,16)17/h6H,2-5H2,1H3,(H2,11,16,17)(H2,12,13,14,15). The van der Waals surface area contributed by atoms with Crippen LogP contribution in [0.1, 0.15) is 13.3 Å². The van der Waals surface area contributed by atoms with Crippen molar-refractivity contribution >= 4 is 33.4 Å². The van der Waals surface area contributed by atoms with E-state index in [0.29, 0.717) is 16.8 Å². The third-order valence-electron chi connectivity index (χ3n) is 1.96. The highest BCUT2D eigenvalue weighted by Gasteiger charge is 2.07. The number of hydrogen-bond donors (Lipinski definition) is 3. The number of nitrogens with one attached hydrogen (secondary N) is 2. The molecule has 0 unspecified atom stereocenters. The number of halogens is 1. The van der Waals surface area contributed by atoms with E-state index in [4.69, 9.17) is 16.7 Å². The Morgan fingerprint density at radius 1 is 1.39 bits per heavy atom. The molecule has 102 valence electrons. The number of aromatic nitrogens is 2. The summed E-state index contributed by atoms with van der Waals surface area (Å²) in [5.74, 6) is 0.638. The van der Waals surface area contributed by atoms with Crippen molar-refractivity contribution in [1.82, 2.24) is 9.97 Å². The second-order valence-electron chi connectivity index (χ2n) is 3.61. The highest BCUT2D eigenvalue weighted by atomic mass is 35.5. The van der Waals surface area contributed by atoms with Crippen LogP contribution in [0.15, 0.2) is 6.20 Å². The zero-order valence-electron chi connectivity index (χ0n) is 9.98. The molecule has 0 aliphatic rings. The molecule has 0 bridgehead atoms. The first-order valence-electron chi connectivity index (χ1n) is 5.43. The van der Waals surface area contributed by atoms with Gasteiger partial charge in [0.2, 0.25) is 16.0 Å². The monoisotopic (exact) mass is 293 g/mol. The van der Waals surface area contributed by atoms with E-state index in [1.54, 1.807) is 0 Å². The summed E-state index contributed by atoms with van der Waals surface area (Å²) in [6.07, 6.45) is 2.39. The molecule has 0 aliphatic heterocycles. The SMILES string of the molecule is CCCNc1ncc(Cl)c(NCCS(N)(=O)=O)n1. The first-order chi connectivity index (χ1) is 8.42. The van der Waals surface area contributed by atoms with Crippen molar-refractivity contribution in [3.63, 3.8) is 0 Å². The smallest absolute Gasteiger partial charge is 0.224 e. The van der Waals surface area contributed by atoms with Gasteiger partial charge < -0.3 is 10.6 Å². The predicted molar refractivity (Wildman–Crippen MR) is 72.3 cm³/mol. The largest absolute Gasteiger partial charge is 0.368 e. The van der Waals surface area contributed by atoms with E-state index in [-0.39, 0.29) is 12.3 Å². The third-order valence-corrected chi connectivity index (χ3v) is 3.01. The Labute approximate surface area is 111 Å². The second-order valence-corrected chi connectivity index (χ2v) is 5.75. The van der Waals surface area contributed by atoms with Crippen molar-refractivity contribution in [2.45, 2.75) is 13.3 Å². The Morgan fingerprint density at radius 2 is 2.11 bits per heavy atom. The molecular weight excluding hydrogens is 278 g/mol. The highest BCUT2D eigenvalue weighted by Crippen LogP contribution is 2.18. The fourth-order valence-electron chi connectivity index (χ4n) is 1.12. The summed E-state index contributed by atoms with van der Waals surface area (Å²) >= 11 is 5.88. The number of primary sulfonamides is 1. The summed E-state index contributed by atoms with van der Waals surface area (Å²) in [6, 6.07) is 0. The molecule has 0 saturated heterocycles. The van der Waals surface area contributed by atoms with E-state index in [2.05, 4.69) is 20.6 Å². The molecule has 4 N–H and O–H groups in total. The van der Waals surface area contributed by atoms with E-state index in [9.17, 15) is 8.42 Å². The average molecular weight is 294 g/mol. The molecule has 0 aliphatic carbocycles. The van der Waals surface area contributed by atoms with Crippen LogP contribution in [-0.2, 0) is 10.0 Å². The predicted octanol–water partition coefficient (Wildman–Crippen LogP) is 0.652. The Bertz CT molecular complexity index is 494. The average Bonchev–Trinajstić information content (AvgIpc) is 2.28. The van der Waals surface area contributed by atoms with Gasteiger partial charge in [0.1, 0.15) is 5.02 Å². The zero-order valence-corrected chi connectivity index (χ0v) is 11.6. The topological polar surface area (TPSA) is 110 Å². The van der Waals surface area contributed by atoms with Crippen LogP contribution in [0.4, 0.5) is 11.8 Å². The molecule has 0 atom stereocenters. The van der Waals surface area contributed by atoms with Gasteiger partial charge in [-0.15, -0.1) is 0 Å². The van der Waals surface area contributed by atoms with E-state index >= 15 is 0 Å². The van der Waals surface area contributed by atoms with Crippen molar-refractivity contribution < 1.29 is 8.42 Å². The molecule has 18 heavy (non-hydrogen) atoms. The number of nitrogens with zero attached hydrogens (tertiary/aromatic N) is 2. The van der Waals surface area contributed by atoms with Gasteiger partial charge in [0.25, 0.3) is 0 Å². The molecule has 7 nitrogen and oxygen atoms in total. The van der Waals surface area contributed by atoms with E-state index in [1.165, 1.54) is 6.20 Å². The Hall–Kier alpha value is -1.12. The molecule has 1 aromatic rings. The molecule has 0 radical (unpaired) electrons. The van der Waals surface area contributed by atoms with Crippen LogP contribution >= 0.6 is 11.6 Å². The third kappa shape index (κ3) is 5.48. The maximum atomic E-state index is 10.8. The van der Waals surface area contributed by atoms with Crippen LogP contribution in [0.5, 0.6) is 0 Å². The lowest BCUT2D eigenvalue weighted by Crippen LogP contribution is -2.22. The molecule has 0 spiro atoms. The lowest BCUT2D eigenvalue weighted by molar-refractivity contribution is 0.598. The van der Waals surface area contributed by atoms with Gasteiger partial charge in [0, 0.05) is 13.1 Å². The van der Waals surface area contributed by atoms with Crippen LogP contribution in [0.3, 0.4) is 0 Å². The van der Waals surface area contributed by atoms with E-state index < -0.39 is 10.0 Å². The molecule has 1 aromatic heterocycles. The van der Waals surface area contributed by atoms with Crippen LogP contribution in [0.25, 0.3) is 0 Å². The summed E-state index contributed by atoms with van der Waals surface area (Å²) in [7, 11) is -3.50. The van der Waals surface area contributed by atoms with Crippen LogP contribution in [-0.4, -0.2) is 37.2 Å². The summed E-state index contributed by atoms with van der Waals surface area (Å²) in [6.45, 7) is 2.91. The molecule has 0 saturated carbocycles. The number of sulfonamides is 1. The van der Waals surface area contributed by atoms with Crippen molar-refractivity contribution in [2.24, 2.45) is 5.14 Å². The van der Waals surface area contributed by atoms with Crippen molar-refractivity contribution in [3.8, 4) is 0 Å². The number of rotatable bonds is 7. The molecule has 0 amide bonds. The number of anilines is 2. The van der Waals surface area contributed by atoms with Crippen molar-refractivity contribution in [1.29, 1.82) is 0 Å². The zero-order chi connectivity index (χ0) is 13.6. The molecule has 9 heteroatoms. The Morgan fingerprint density at radius 3 is 2.72 bits per heavy atom. The van der Waals surface area contributed by atoms with Crippen molar-refractivity contribution in [3.05, 3.63) is 11.2 Å². The van der Waals surface area contributed by atoms with Gasteiger partial charge in [-0.25, -0.2) is 18.5 Å². The molecular formula is C9H16ClN5O2S. The van der Waals surface area contributed by atoms with Gasteiger partial charge in [-0.1, -0.05) is 18.5 Å². The van der Waals surface area contributed by atoms with Crippen LogP contribution < -0.4 is 15.8 Å². The number of hydrogen-bond acceptors (Lipinski definition) is 6. The summed E-state index contributed by atoms with van der Waals surface area (Å²) in [5, 5.41) is 11.0. The Kier molecular flexibility index (Phi) is 5.57. The van der Waals surface area contributed by atoms with Gasteiger partial charge in [-0.05, 0) is 6.42 Å². The fourth-order valence-corrected chi connectivity index (χ4v) is 1.67. The van der Waals surface area contributed by atoms with Crippen molar-refractivity contribution in [2.75, 3.05) is 29.5 Å². The first-order valence-corrected chi connectivity index (χ1v) is 7.52. The molecule has 0 fully saturated rings. The maximum absolute atomic E-state index is 10.8. The lowest BCUT2D eigenvalue weighted by atomic mass is 10.5. The second kappa shape index (κ2) is 6.72. The fraction of sp³-hybridized carbons (Fsp3) is 0.556. The van der Waals surface area contributed by atoms with Gasteiger partial charge in [0.15, 0.2) is 5.82 Å². The maximum Gasteiger partial charge on any atom is 0.224 e. The van der Waals surface area contributed by atoms with E-state index in [0.717, 1.165) is 13.0 Å². The molecule has 0 aromatic carbocycles. The van der Waals surface area contributed by atoms with E-state index in [1.807, 2.05) is 6.92 Å². The normalized spacial score (nSPS) is 11.3. The minimum atomic E-state index is -3.50. The van der Waals surface area contributed by atoms with Crippen LogP contribution in [0.2, 0.25) is 5.02 Å². The molecule has 1 heterocycles. The lowest BCUT2D eigenvalue weighted by Gasteiger charge is -2.09. The van der Waals surface area contributed by atoms with Gasteiger partial charge >= 0.3 is 0 Å². The minimum Gasteiger partial charge on any atom is -0.368 e.